The van der Waals surface area contributed by atoms with Gasteiger partial charge < -0.3 is 15.2 Å². The fraction of sp³-hybridized carbons (Fsp3) is 0.412. The average molecular weight is 348 g/mol. The fourth-order valence-corrected chi connectivity index (χ4v) is 2.70. The van der Waals surface area contributed by atoms with Crippen molar-refractivity contribution >= 4 is 28.5 Å². The van der Waals surface area contributed by atoms with Gasteiger partial charge in [0, 0.05) is 10.9 Å². The third-order valence-electron chi connectivity index (χ3n) is 3.36. The van der Waals surface area contributed by atoms with E-state index in [9.17, 15) is 0 Å². The van der Waals surface area contributed by atoms with Gasteiger partial charge in [-0.2, -0.15) is 5.10 Å². The van der Waals surface area contributed by atoms with E-state index in [1.165, 1.54) is 30.6 Å². The molecule has 0 amide bonds. The Morgan fingerprint density at radius 1 is 1.33 bits per heavy atom. The van der Waals surface area contributed by atoms with E-state index in [0.29, 0.717) is 29.1 Å². The van der Waals surface area contributed by atoms with E-state index in [2.05, 4.69) is 22.4 Å². The number of para-hydroxylation sites is 1. The van der Waals surface area contributed by atoms with Crippen molar-refractivity contribution in [1.82, 2.24) is 4.98 Å². The molecule has 130 valence electrons. The minimum atomic E-state index is 0.482. The molecular weight excluding hydrogens is 324 g/mol. The quantitative estimate of drug-likeness (QED) is 0.383. The number of nitrogens with one attached hydrogen (secondary N) is 1. The predicted octanol–water partition coefficient (Wildman–Crippen LogP) is 4.14. The molecule has 0 aliphatic heterocycles. The van der Waals surface area contributed by atoms with Crippen LogP contribution in [0, 0.1) is 0 Å². The second-order valence-corrected chi connectivity index (χ2v) is 6.09. The van der Waals surface area contributed by atoms with E-state index in [0.717, 1.165) is 12.0 Å². The Morgan fingerprint density at radius 2 is 2.21 bits per heavy atom. The number of rotatable bonds is 10. The number of methoxy groups -OCH3 is 1. The zero-order valence-electron chi connectivity index (χ0n) is 14.1. The average Bonchev–Trinajstić information content (AvgIpc) is 3.00. The number of aromatic nitrogens is 1. The molecule has 2 rings (SSSR count). The van der Waals surface area contributed by atoms with Crippen LogP contribution in [-0.4, -0.2) is 24.9 Å². The number of nitrogens with two attached hydrogens (primary N) is 1. The molecule has 0 fully saturated rings. The number of benzene rings is 1. The summed E-state index contributed by atoms with van der Waals surface area (Å²) in [6.45, 7) is 2.86. The number of unbranched alkanes of at least 4 members (excludes halogenated alkanes) is 3. The third-order valence-corrected chi connectivity index (χ3v) is 4.12. The highest BCUT2D eigenvalue weighted by Crippen LogP contribution is 2.30. The van der Waals surface area contributed by atoms with Gasteiger partial charge in [-0.05, 0) is 18.6 Å². The molecule has 0 unspecified atom stereocenters. The molecule has 0 aliphatic carbocycles. The number of anilines is 2. The molecule has 0 saturated carbocycles. The van der Waals surface area contributed by atoms with Crippen molar-refractivity contribution in [2.75, 3.05) is 24.9 Å². The van der Waals surface area contributed by atoms with E-state index in [1.807, 2.05) is 18.2 Å². The SMILES string of the molecule is CCCCCCOc1c(C=NNc2nc(N)cs2)cccc1OC. The van der Waals surface area contributed by atoms with Gasteiger partial charge in [0.25, 0.3) is 0 Å². The van der Waals surface area contributed by atoms with Gasteiger partial charge in [-0.3, -0.25) is 5.43 Å². The molecule has 24 heavy (non-hydrogen) atoms. The lowest BCUT2D eigenvalue weighted by Crippen LogP contribution is -2.03. The Morgan fingerprint density at radius 3 is 2.92 bits per heavy atom. The molecule has 0 aliphatic rings. The van der Waals surface area contributed by atoms with Crippen LogP contribution in [0.1, 0.15) is 38.2 Å². The molecule has 0 spiro atoms. The van der Waals surface area contributed by atoms with Crippen LogP contribution in [0.25, 0.3) is 0 Å². The number of thiazole rings is 1. The van der Waals surface area contributed by atoms with Crippen molar-refractivity contribution in [2.24, 2.45) is 5.10 Å². The van der Waals surface area contributed by atoms with Crippen molar-refractivity contribution in [3.05, 3.63) is 29.1 Å². The number of nitrogens with zero attached hydrogens (tertiary/aromatic N) is 2. The summed E-state index contributed by atoms with van der Waals surface area (Å²) in [5.41, 5.74) is 9.30. The highest BCUT2D eigenvalue weighted by Gasteiger charge is 2.09. The molecular formula is C17H24N4O2S. The number of hydrogen-bond acceptors (Lipinski definition) is 7. The number of ether oxygens (including phenoxy) is 2. The van der Waals surface area contributed by atoms with Crippen LogP contribution < -0.4 is 20.6 Å². The lowest BCUT2D eigenvalue weighted by atomic mass is 10.2. The summed E-state index contributed by atoms with van der Waals surface area (Å²) in [7, 11) is 1.64. The van der Waals surface area contributed by atoms with E-state index in [4.69, 9.17) is 15.2 Å². The van der Waals surface area contributed by atoms with Gasteiger partial charge in [0.1, 0.15) is 5.82 Å². The van der Waals surface area contributed by atoms with Gasteiger partial charge >= 0.3 is 0 Å². The molecule has 3 N–H and O–H groups in total. The Bertz CT molecular complexity index is 658. The van der Waals surface area contributed by atoms with E-state index in [-0.39, 0.29) is 0 Å². The van der Waals surface area contributed by atoms with Crippen molar-refractivity contribution in [3.8, 4) is 11.5 Å². The lowest BCUT2D eigenvalue weighted by Gasteiger charge is -2.13. The fourth-order valence-electron chi connectivity index (χ4n) is 2.15. The van der Waals surface area contributed by atoms with Crippen LogP contribution in [0.4, 0.5) is 10.9 Å². The maximum Gasteiger partial charge on any atom is 0.205 e. The summed E-state index contributed by atoms with van der Waals surface area (Å²) >= 11 is 1.40. The summed E-state index contributed by atoms with van der Waals surface area (Å²) in [4.78, 5) is 4.09. The first kappa shape index (κ1) is 18.1. The summed E-state index contributed by atoms with van der Waals surface area (Å²) in [6, 6.07) is 5.73. The molecule has 0 saturated heterocycles. The normalized spacial score (nSPS) is 10.9. The first-order valence-electron chi connectivity index (χ1n) is 8.04. The number of nitrogen functional groups attached to an aromatic ring is 1. The van der Waals surface area contributed by atoms with Gasteiger partial charge in [0.15, 0.2) is 11.5 Å². The zero-order valence-corrected chi connectivity index (χ0v) is 14.9. The van der Waals surface area contributed by atoms with Crippen molar-refractivity contribution in [1.29, 1.82) is 0 Å². The Balaban J connectivity index is 2.01. The highest BCUT2D eigenvalue weighted by atomic mass is 32.1. The summed E-state index contributed by atoms with van der Waals surface area (Å²) in [5, 5.41) is 6.61. The summed E-state index contributed by atoms with van der Waals surface area (Å²) in [5.74, 6) is 1.89. The van der Waals surface area contributed by atoms with Crippen molar-refractivity contribution in [3.63, 3.8) is 0 Å². The Labute approximate surface area is 146 Å². The predicted molar refractivity (Wildman–Crippen MR) is 100 cm³/mol. The highest BCUT2D eigenvalue weighted by molar-refractivity contribution is 7.14. The molecule has 7 heteroatoms. The lowest BCUT2D eigenvalue weighted by molar-refractivity contribution is 0.285. The van der Waals surface area contributed by atoms with Crippen molar-refractivity contribution < 1.29 is 9.47 Å². The van der Waals surface area contributed by atoms with Gasteiger partial charge in [0.2, 0.25) is 5.13 Å². The van der Waals surface area contributed by atoms with Gasteiger partial charge in [-0.25, -0.2) is 4.98 Å². The third kappa shape index (κ3) is 5.42. The van der Waals surface area contributed by atoms with Gasteiger partial charge in [-0.1, -0.05) is 32.3 Å². The molecule has 2 aromatic rings. The first-order valence-corrected chi connectivity index (χ1v) is 8.92. The van der Waals surface area contributed by atoms with E-state index < -0.39 is 0 Å². The van der Waals surface area contributed by atoms with Gasteiger partial charge in [0.05, 0.1) is 19.9 Å². The number of hydrogen-bond donors (Lipinski definition) is 2. The van der Waals surface area contributed by atoms with Crippen LogP contribution in [0.5, 0.6) is 11.5 Å². The van der Waals surface area contributed by atoms with Crippen LogP contribution in [0.2, 0.25) is 0 Å². The van der Waals surface area contributed by atoms with Gasteiger partial charge in [-0.15, -0.1) is 11.3 Å². The maximum absolute atomic E-state index is 5.94. The van der Waals surface area contributed by atoms with Crippen LogP contribution in [-0.2, 0) is 0 Å². The minimum absolute atomic E-state index is 0.482. The summed E-state index contributed by atoms with van der Waals surface area (Å²) in [6.07, 6.45) is 6.33. The maximum atomic E-state index is 5.94. The van der Waals surface area contributed by atoms with Crippen LogP contribution in [0.15, 0.2) is 28.7 Å². The monoisotopic (exact) mass is 348 g/mol. The van der Waals surface area contributed by atoms with Crippen LogP contribution >= 0.6 is 11.3 Å². The Hall–Kier alpha value is -2.28. The second kappa shape index (κ2) is 9.77. The molecule has 0 bridgehead atoms. The van der Waals surface area contributed by atoms with Crippen molar-refractivity contribution in [2.45, 2.75) is 32.6 Å². The smallest absolute Gasteiger partial charge is 0.205 e. The van der Waals surface area contributed by atoms with E-state index in [1.54, 1.807) is 18.7 Å². The molecule has 1 aromatic heterocycles. The second-order valence-electron chi connectivity index (χ2n) is 5.24. The molecule has 6 nitrogen and oxygen atoms in total. The number of hydrazone groups is 1. The largest absolute Gasteiger partial charge is 0.493 e. The minimum Gasteiger partial charge on any atom is -0.493 e. The first-order chi connectivity index (χ1) is 11.7. The van der Waals surface area contributed by atoms with Crippen LogP contribution in [0.3, 0.4) is 0 Å². The molecule has 1 aromatic carbocycles. The molecule has 0 radical (unpaired) electrons. The van der Waals surface area contributed by atoms with E-state index >= 15 is 0 Å². The zero-order chi connectivity index (χ0) is 17.2. The molecule has 1 heterocycles. The topological polar surface area (TPSA) is 81.8 Å². The molecule has 0 atom stereocenters. The standard InChI is InChI=1S/C17H24N4O2S/c1-3-4-5-6-10-23-16-13(8-7-9-14(16)22-2)11-19-21-17-20-15(18)12-24-17/h7-9,11-12H,3-6,10,18H2,1-2H3,(H,20,21). The summed E-state index contributed by atoms with van der Waals surface area (Å²) < 4.78 is 11.3. The Kier molecular flexibility index (Phi) is 7.35.